The number of aromatic nitrogens is 1. The molecule has 1 fully saturated rings. The molecule has 1 aromatic carbocycles. The van der Waals surface area contributed by atoms with E-state index in [2.05, 4.69) is 9.88 Å². The van der Waals surface area contributed by atoms with Crippen molar-refractivity contribution in [2.24, 2.45) is 5.73 Å². The van der Waals surface area contributed by atoms with Crippen LogP contribution in [-0.2, 0) is 11.3 Å². The van der Waals surface area contributed by atoms with E-state index >= 15 is 0 Å². The number of rotatable bonds is 4. The fraction of sp³-hybridized carbons (Fsp3) is 0.400. The van der Waals surface area contributed by atoms with Crippen molar-refractivity contribution in [2.45, 2.75) is 12.6 Å². The van der Waals surface area contributed by atoms with E-state index < -0.39 is 0 Å². The van der Waals surface area contributed by atoms with Crippen LogP contribution in [0.5, 0.6) is 0 Å². The third-order valence-electron chi connectivity index (χ3n) is 3.51. The van der Waals surface area contributed by atoms with Crippen molar-refractivity contribution in [3.63, 3.8) is 0 Å². The third kappa shape index (κ3) is 3.63. The molecule has 112 valence electrons. The average molecular weight is 308 g/mol. The Bertz CT molecular complexity index is 602. The molecule has 2 N–H and O–H groups in total. The first kappa shape index (κ1) is 14.5. The second-order valence-corrected chi connectivity index (χ2v) is 5.53. The normalized spacial score (nSPS) is 19.8. The van der Waals surface area contributed by atoms with Crippen molar-refractivity contribution in [1.29, 1.82) is 0 Å². The molecule has 0 aliphatic carbocycles. The molecule has 5 nitrogen and oxygen atoms in total. The number of nitrogens with zero attached hydrogens (tertiary/aromatic N) is 2. The highest BCUT2D eigenvalue weighted by atomic mass is 35.5. The maximum atomic E-state index is 5.99. The van der Waals surface area contributed by atoms with Gasteiger partial charge < -0.3 is 14.9 Å². The zero-order valence-electron chi connectivity index (χ0n) is 11.7. The number of ether oxygens (including phenoxy) is 1. The van der Waals surface area contributed by atoms with Crippen LogP contribution in [0, 0.1) is 0 Å². The van der Waals surface area contributed by atoms with Gasteiger partial charge in [0, 0.05) is 30.2 Å². The van der Waals surface area contributed by atoms with Crippen molar-refractivity contribution in [3.05, 3.63) is 41.4 Å². The Kier molecular flexibility index (Phi) is 4.55. The molecule has 1 unspecified atom stereocenters. The van der Waals surface area contributed by atoms with Gasteiger partial charge in [0.25, 0.3) is 0 Å². The Balaban J connectivity index is 1.68. The molecular weight excluding hydrogens is 290 g/mol. The zero-order valence-corrected chi connectivity index (χ0v) is 12.4. The predicted molar refractivity (Wildman–Crippen MR) is 81.0 cm³/mol. The molecule has 2 aromatic rings. The van der Waals surface area contributed by atoms with E-state index in [0.29, 0.717) is 30.6 Å². The summed E-state index contributed by atoms with van der Waals surface area (Å²) in [5, 5.41) is 0.685. The molecular formula is C15H18ClN3O2. The van der Waals surface area contributed by atoms with Gasteiger partial charge in [0.15, 0.2) is 5.76 Å². The van der Waals surface area contributed by atoms with E-state index in [-0.39, 0.29) is 6.10 Å². The highest BCUT2D eigenvalue weighted by Gasteiger charge is 2.20. The standard InChI is InChI=1S/C15H18ClN3O2/c16-12-3-1-2-11(6-12)14-8-18-15(21-14)10-19-4-5-20-13(7-17)9-19/h1-3,6,8,13H,4-5,7,9-10,17H2. The zero-order chi connectivity index (χ0) is 14.7. The monoisotopic (exact) mass is 307 g/mol. The van der Waals surface area contributed by atoms with Crippen LogP contribution in [0.15, 0.2) is 34.9 Å². The largest absolute Gasteiger partial charge is 0.439 e. The molecule has 2 heterocycles. The maximum absolute atomic E-state index is 5.99. The summed E-state index contributed by atoms with van der Waals surface area (Å²) in [4.78, 5) is 6.59. The minimum atomic E-state index is 0.0983. The average Bonchev–Trinajstić information content (AvgIpc) is 2.96. The van der Waals surface area contributed by atoms with Crippen molar-refractivity contribution < 1.29 is 9.15 Å². The summed E-state index contributed by atoms with van der Waals surface area (Å²) in [6.45, 7) is 3.58. The van der Waals surface area contributed by atoms with Crippen LogP contribution in [-0.4, -0.2) is 42.2 Å². The smallest absolute Gasteiger partial charge is 0.209 e. The summed E-state index contributed by atoms with van der Waals surface area (Å²) < 4.78 is 11.4. The second-order valence-electron chi connectivity index (χ2n) is 5.09. The maximum Gasteiger partial charge on any atom is 0.209 e. The fourth-order valence-electron chi connectivity index (χ4n) is 2.42. The quantitative estimate of drug-likeness (QED) is 0.937. The first-order valence-corrected chi connectivity index (χ1v) is 7.37. The summed E-state index contributed by atoms with van der Waals surface area (Å²) in [6.07, 6.45) is 1.84. The number of hydrogen-bond donors (Lipinski definition) is 1. The van der Waals surface area contributed by atoms with Crippen molar-refractivity contribution in [2.75, 3.05) is 26.2 Å². The van der Waals surface area contributed by atoms with Crippen molar-refractivity contribution in [3.8, 4) is 11.3 Å². The van der Waals surface area contributed by atoms with Gasteiger partial charge in [0.1, 0.15) is 0 Å². The molecule has 0 radical (unpaired) electrons. The van der Waals surface area contributed by atoms with E-state index in [0.717, 1.165) is 24.4 Å². The van der Waals surface area contributed by atoms with Crippen LogP contribution >= 0.6 is 11.6 Å². The molecule has 1 aliphatic heterocycles. The molecule has 3 rings (SSSR count). The van der Waals surface area contributed by atoms with E-state index in [4.69, 9.17) is 26.5 Å². The molecule has 21 heavy (non-hydrogen) atoms. The van der Waals surface area contributed by atoms with Gasteiger partial charge in [-0.05, 0) is 12.1 Å². The Morgan fingerprint density at radius 1 is 1.43 bits per heavy atom. The lowest BCUT2D eigenvalue weighted by Gasteiger charge is -2.31. The minimum Gasteiger partial charge on any atom is -0.439 e. The Hall–Kier alpha value is -1.40. The van der Waals surface area contributed by atoms with Crippen LogP contribution in [0.25, 0.3) is 11.3 Å². The van der Waals surface area contributed by atoms with E-state index in [1.165, 1.54) is 0 Å². The summed E-state index contributed by atoms with van der Waals surface area (Å²) in [6, 6.07) is 7.55. The predicted octanol–water partition coefficient (Wildman–Crippen LogP) is 2.15. The van der Waals surface area contributed by atoms with Gasteiger partial charge in [-0.2, -0.15) is 0 Å². The molecule has 0 saturated carbocycles. The van der Waals surface area contributed by atoms with Gasteiger partial charge in [-0.1, -0.05) is 23.7 Å². The number of halogens is 1. The van der Waals surface area contributed by atoms with Gasteiger partial charge in [-0.25, -0.2) is 4.98 Å². The Morgan fingerprint density at radius 3 is 3.14 bits per heavy atom. The van der Waals surface area contributed by atoms with Gasteiger partial charge in [0.2, 0.25) is 5.89 Å². The molecule has 1 aromatic heterocycles. The second kappa shape index (κ2) is 6.58. The number of morpholine rings is 1. The SMILES string of the molecule is NCC1CN(Cc2ncc(-c3cccc(Cl)c3)o2)CCO1. The van der Waals surface area contributed by atoms with E-state index in [1.54, 1.807) is 6.20 Å². The third-order valence-corrected chi connectivity index (χ3v) is 3.74. The van der Waals surface area contributed by atoms with E-state index in [1.807, 2.05) is 24.3 Å². The Labute approximate surface area is 128 Å². The van der Waals surface area contributed by atoms with E-state index in [9.17, 15) is 0 Å². The van der Waals surface area contributed by atoms with Crippen LogP contribution in [0.3, 0.4) is 0 Å². The van der Waals surface area contributed by atoms with Crippen molar-refractivity contribution >= 4 is 11.6 Å². The van der Waals surface area contributed by atoms with Gasteiger partial charge in [-0.15, -0.1) is 0 Å². The van der Waals surface area contributed by atoms with Crippen LogP contribution in [0.4, 0.5) is 0 Å². The highest BCUT2D eigenvalue weighted by molar-refractivity contribution is 6.30. The molecule has 0 amide bonds. The summed E-state index contributed by atoms with van der Waals surface area (Å²) in [7, 11) is 0. The fourth-order valence-corrected chi connectivity index (χ4v) is 2.61. The molecule has 1 saturated heterocycles. The molecule has 1 atom stereocenters. The summed E-state index contributed by atoms with van der Waals surface area (Å²) in [5.74, 6) is 1.43. The number of hydrogen-bond acceptors (Lipinski definition) is 5. The molecule has 0 spiro atoms. The van der Waals surface area contributed by atoms with Crippen LogP contribution in [0.1, 0.15) is 5.89 Å². The summed E-state index contributed by atoms with van der Waals surface area (Å²) >= 11 is 5.99. The summed E-state index contributed by atoms with van der Waals surface area (Å²) in [5.41, 5.74) is 6.58. The highest BCUT2D eigenvalue weighted by Crippen LogP contribution is 2.24. The first-order chi connectivity index (χ1) is 10.2. The molecule has 6 heteroatoms. The molecule has 1 aliphatic rings. The minimum absolute atomic E-state index is 0.0983. The van der Waals surface area contributed by atoms with Gasteiger partial charge >= 0.3 is 0 Å². The van der Waals surface area contributed by atoms with Crippen LogP contribution < -0.4 is 5.73 Å². The number of benzene rings is 1. The lowest BCUT2D eigenvalue weighted by molar-refractivity contribution is -0.0283. The topological polar surface area (TPSA) is 64.5 Å². The lowest BCUT2D eigenvalue weighted by atomic mass is 10.2. The number of oxazole rings is 1. The van der Waals surface area contributed by atoms with Gasteiger partial charge in [0.05, 0.1) is 25.5 Å². The van der Waals surface area contributed by atoms with Crippen LogP contribution in [0.2, 0.25) is 5.02 Å². The molecule has 0 bridgehead atoms. The van der Waals surface area contributed by atoms with Gasteiger partial charge in [-0.3, -0.25) is 4.90 Å². The first-order valence-electron chi connectivity index (χ1n) is 6.99. The number of nitrogens with two attached hydrogens (primary N) is 1. The lowest BCUT2D eigenvalue weighted by Crippen LogP contribution is -2.45. The Morgan fingerprint density at radius 2 is 2.33 bits per heavy atom. The van der Waals surface area contributed by atoms with Crippen molar-refractivity contribution in [1.82, 2.24) is 9.88 Å².